The number of hydrogen-bond acceptors (Lipinski definition) is 3. The molecule has 1 aromatic carbocycles. The second-order valence-corrected chi connectivity index (χ2v) is 7.64. The van der Waals surface area contributed by atoms with Crippen molar-refractivity contribution in [3.8, 4) is 0 Å². The summed E-state index contributed by atoms with van der Waals surface area (Å²) >= 11 is 3.35. The van der Waals surface area contributed by atoms with E-state index in [-0.39, 0.29) is 23.3 Å². The molecule has 1 unspecified atom stereocenters. The molecule has 0 saturated carbocycles. The number of ether oxygens (including phenoxy) is 1. The van der Waals surface area contributed by atoms with Gasteiger partial charge in [-0.25, -0.2) is 0 Å². The number of hydrogen-bond donors (Lipinski definition) is 0. The molecule has 0 N–H and O–H groups in total. The van der Waals surface area contributed by atoms with Gasteiger partial charge in [0.25, 0.3) is 0 Å². The van der Waals surface area contributed by atoms with E-state index in [0.717, 1.165) is 4.47 Å². The van der Waals surface area contributed by atoms with Crippen LogP contribution in [0.1, 0.15) is 50.4 Å². The maximum Gasteiger partial charge on any atom is 0.223 e. The van der Waals surface area contributed by atoms with E-state index in [0.29, 0.717) is 38.0 Å². The minimum absolute atomic E-state index is 0.0661. The van der Waals surface area contributed by atoms with Crippen molar-refractivity contribution in [2.75, 3.05) is 13.2 Å². The third-order valence-electron chi connectivity index (χ3n) is 4.15. The zero-order valence-electron chi connectivity index (χ0n) is 14.0. The fourth-order valence-corrected chi connectivity index (χ4v) is 3.00. The molecule has 0 radical (unpaired) electrons. The summed E-state index contributed by atoms with van der Waals surface area (Å²) in [7, 11) is 0. The highest BCUT2D eigenvalue weighted by Gasteiger charge is 2.36. The van der Waals surface area contributed by atoms with Gasteiger partial charge < -0.3 is 9.64 Å². The molecule has 5 heteroatoms. The van der Waals surface area contributed by atoms with E-state index in [1.54, 1.807) is 12.1 Å². The zero-order valence-corrected chi connectivity index (χ0v) is 15.6. The first kappa shape index (κ1) is 18.1. The summed E-state index contributed by atoms with van der Waals surface area (Å²) in [6.07, 6.45) is 1.44. The fraction of sp³-hybridized carbons (Fsp3) is 0.556. The number of nitrogens with zero attached hydrogens (tertiary/aromatic N) is 1. The van der Waals surface area contributed by atoms with Crippen molar-refractivity contribution in [1.29, 1.82) is 0 Å². The number of carbonyl (C=O) groups is 2. The zero-order chi connectivity index (χ0) is 17.0. The van der Waals surface area contributed by atoms with Crippen LogP contribution in [0.25, 0.3) is 0 Å². The van der Waals surface area contributed by atoms with Crippen LogP contribution in [0.5, 0.6) is 0 Å². The predicted molar refractivity (Wildman–Crippen MR) is 93.5 cm³/mol. The van der Waals surface area contributed by atoms with Gasteiger partial charge in [0.05, 0.1) is 18.2 Å². The van der Waals surface area contributed by atoms with E-state index in [4.69, 9.17) is 4.74 Å². The Hall–Kier alpha value is -1.20. The molecular weight excluding hydrogens is 358 g/mol. The smallest absolute Gasteiger partial charge is 0.223 e. The summed E-state index contributed by atoms with van der Waals surface area (Å²) in [5.41, 5.74) is 0.417. The summed E-state index contributed by atoms with van der Waals surface area (Å²) in [5.74, 6) is 0.189. The summed E-state index contributed by atoms with van der Waals surface area (Å²) < 4.78 is 6.58. The first-order chi connectivity index (χ1) is 10.8. The molecule has 0 bridgehead atoms. The Labute approximate surface area is 146 Å². The maximum absolute atomic E-state index is 12.5. The minimum atomic E-state index is -0.278. The van der Waals surface area contributed by atoms with Gasteiger partial charge in [-0.3, -0.25) is 9.59 Å². The number of amides is 1. The molecule has 1 atom stereocenters. The van der Waals surface area contributed by atoms with Crippen LogP contribution in [0.2, 0.25) is 0 Å². The van der Waals surface area contributed by atoms with Crippen LogP contribution in [0.3, 0.4) is 0 Å². The number of rotatable bonds is 5. The summed E-state index contributed by atoms with van der Waals surface area (Å²) in [6.45, 7) is 7.18. The summed E-state index contributed by atoms with van der Waals surface area (Å²) in [4.78, 5) is 26.5. The lowest BCUT2D eigenvalue weighted by Gasteiger charge is -2.44. The van der Waals surface area contributed by atoms with Crippen LogP contribution in [0.15, 0.2) is 28.7 Å². The Morgan fingerprint density at radius 1 is 1.26 bits per heavy atom. The van der Waals surface area contributed by atoms with Crippen molar-refractivity contribution in [2.45, 2.75) is 51.7 Å². The number of ketones is 1. The Kier molecular flexibility index (Phi) is 5.98. The lowest BCUT2D eigenvalue weighted by molar-refractivity contribution is -0.152. The second-order valence-electron chi connectivity index (χ2n) is 6.72. The Bertz CT molecular complexity index is 568. The van der Waals surface area contributed by atoms with Crippen molar-refractivity contribution in [3.05, 3.63) is 34.3 Å². The molecule has 126 valence electrons. The molecular formula is C18H24BrNO3. The van der Waals surface area contributed by atoms with Crippen LogP contribution in [-0.2, 0) is 9.53 Å². The van der Waals surface area contributed by atoms with Gasteiger partial charge >= 0.3 is 0 Å². The monoisotopic (exact) mass is 381 g/mol. The highest BCUT2D eigenvalue weighted by molar-refractivity contribution is 9.10. The van der Waals surface area contributed by atoms with Crippen LogP contribution >= 0.6 is 15.9 Å². The Morgan fingerprint density at radius 3 is 2.57 bits per heavy atom. The highest BCUT2D eigenvalue weighted by Crippen LogP contribution is 2.23. The third-order valence-corrected chi connectivity index (χ3v) is 4.68. The quantitative estimate of drug-likeness (QED) is 0.728. The molecule has 0 aromatic heterocycles. The van der Waals surface area contributed by atoms with Crippen LogP contribution < -0.4 is 0 Å². The number of carbonyl (C=O) groups excluding carboxylic acids is 2. The molecule has 1 amide bonds. The van der Waals surface area contributed by atoms with Gasteiger partial charge in [-0.1, -0.05) is 28.1 Å². The van der Waals surface area contributed by atoms with E-state index in [1.165, 1.54) is 0 Å². The first-order valence-corrected chi connectivity index (χ1v) is 8.80. The first-order valence-electron chi connectivity index (χ1n) is 8.00. The number of morpholine rings is 1. The van der Waals surface area contributed by atoms with E-state index >= 15 is 0 Å². The SMILES string of the molecule is CC1CN(C(=O)CCCC(=O)c2ccc(Br)cc2)C(C)(C)CO1. The normalized spacial score (nSPS) is 20.3. The highest BCUT2D eigenvalue weighted by atomic mass is 79.9. The van der Waals surface area contributed by atoms with Gasteiger partial charge in [0, 0.05) is 29.4 Å². The molecule has 0 spiro atoms. The average molecular weight is 382 g/mol. The van der Waals surface area contributed by atoms with Crippen molar-refractivity contribution in [2.24, 2.45) is 0 Å². The van der Waals surface area contributed by atoms with Crippen molar-refractivity contribution < 1.29 is 14.3 Å². The van der Waals surface area contributed by atoms with Crippen molar-refractivity contribution >= 4 is 27.6 Å². The molecule has 1 aliphatic heterocycles. The van der Waals surface area contributed by atoms with Gasteiger partial charge in [0.1, 0.15) is 0 Å². The van der Waals surface area contributed by atoms with Crippen molar-refractivity contribution in [3.63, 3.8) is 0 Å². The van der Waals surface area contributed by atoms with Crippen LogP contribution in [-0.4, -0.2) is 41.4 Å². The summed E-state index contributed by atoms with van der Waals surface area (Å²) in [5, 5.41) is 0. The van der Waals surface area contributed by atoms with Crippen LogP contribution in [0.4, 0.5) is 0 Å². The fourth-order valence-electron chi connectivity index (χ4n) is 2.74. The lowest BCUT2D eigenvalue weighted by Crippen LogP contribution is -2.57. The number of benzene rings is 1. The topological polar surface area (TPSA) is 46.6 Å². The minimum Gasteiger partial charge on any atom is -0.374 e. The second kappa shape index (κ2) is 7.58. The van der Waals surface area contributed by atoms with Gasteiger partial charge in [0.15, 0.2) is 5.78 Å². The molecule has 4 nitrogen and oxygen atoms in total. The standard InChI is InChI=1S/C18H24BrNO3/c1-13-11-20(18(2,3)12-23-13)17(22)6-4-5-16(21)14-7-9-15(19)10-8-14/h7-10,13H,4-6,11-12H2,1-3H3. The van der Waals surface area contributed by atoms with Crippen LogP contribution in [0, 0.1) is 0 Å². The Balaban J connectivity index is 1.84. The predicted octanol–water partition coefficient (Wildman–Crippen LogP) is 3.83. The van der Waals surface area contributed by atoms with E-state index in [9.17, 15) is 9.59 Å². The van der Waals surface area contributed by atoms with E-state index < -0.39 is 0 Å². The molecule has 1 aromatic rings. The van der Waals surface area contributed by atoms with Gasteiger partial charge in [-0.05, 0) is 39.3 Å². The molecule has 2 rings (SSSR count). The molecule has 0 aliphatic carbocycles. The van der Waals surface area contributed by atoms with Gasteiger partial charge in [-0.2, -0.15) is 0 Å². The summed E-state index contributed by atoms with van der Waals surface area (Å²) in [6, 6.07) is 7.33. The third kappa shape index (κ3) is 4.88. The van der Waals surface area contributed by atoms with Crippen molar-refractivity contribution in [1.82, 2.24) is 4.90 Å². The molecule has 1 aliphatic rings. The largest absolute Gasteiger partial charge is 0.374 e. The maximum atomic E-state index is 12.5. The average Bonchev–Trinajstić information content (AvgIpc) is 2.50. The number of halogens is 1. The molecule has 1 fully saturated rings. The lowest BCUT2D eigenvalue weighted by atomic mass is 9.99. The van der Waals surface area contributed by atoms with E-state index in [2.05, 4.69) is 15.9 Å². The Morgan fingerprint density at radius 2 is 1.91 bits per heavy atom. The van der Waals surface area contributed by atoms with Gasteiger partial charge in [0.2, 0.25) is 5.91 Å². The molecule has 1 heterocycles. The van der Waals surface area contributed by atoms with Gasteiger partial charge in [-0.15, -0.1) is 0 Å². The molecule has 23 heavy (non-hydrogen) atoms. The molecule has 1 saturated heterocycles. The number of Topliss-reactive ketones (excluding diaryl/α,β-unsaturated/α-hetero) is 1. The van der Waals surface area contributed by atoms with E-state index in [1.807, 2.05) is 37.8 Å².